The molecule has 0 aliphatic heterocycles. The highest BCUT2D eigenvalue weighted by molar-refractivity contribution is 6.30. The van der Waals surface area contributed by atoms with Crippen LogP contribution >= 0.6 is 11.6 Å². The summed E-state index contributed by atoms with van der Waals surface area (Å²) in [6, 6.07) is 17.4. The highest BCUT2D eigenvalue weighted by Crippen LogP contribution is 2.38. The van der Waals surface area contributed by atoms with Crippen molar-refractivity contribution < 1.29 is 22.4 Å². The van der Waals surface area contributed by atoms with Gasteiger partial charge in [0.1, 0.15) is 5.82 Å². The minimum absolute atomic E-state index is 0.0161. The molecule has 3 nitrogen and oxygen atoms in total. The van der Waals surface area contributed by atoms with Crippen LogP contribution in [0.15, 0.2) is 72.8 Å². The molecule has 1 unspecified atom stereocenters. The molecule has 0 heterocycles. The molecule has 35 heavy (non-hydrogen) atoms. The maximum Gasteiger partial charge on any atom is 0.416 e. The first kappa shape index (κ1) is 25.0. The van der Waals surface area contributed by atoms with Crippen LogP contribution in [0.3, 0.4) is 0 Å². The van der Waals surface area contributed by atoms with Crippen molar-refractivity contribution in [2.75, 3.05) is 0 Å². The lowest BCUT2D eigenvalue weighted by Crippen LogP contribution is -2.53. The molecule has 1 saturated carbocycles. The summed E-state index contributed by atoms with van der Waals surface area (Å²) < 4.78 is 55.6. The van der Waals surface area contributed by atoms with Crippen LogP contribution in [0.2, 0.25) is 5.02 Å². The summed E-state index contributed by atoms with van der Waals surface area (Å²) in [5, 5.41) is 6.30. The van der Waals surface area contributed by atoms with Crippen molar-refractivity contribution in [3.8, 4) is 0 Å². The van der Waals surface area contributed by atoms with E-state index >= 15 is 0 Å². The standard InChI is InChI=1S/C27H25ClF4N2O/c28-22-12-10-19(11-13-22)26(17-18-6-2-1-3-7-18,34-25(35)33-24-8-4-5-9-24)20-14-21(27(30,31)32)16-23(29)15-20/h1-3,6-7,10-16,24H,4-5,8-9,17H2,(H2,33,34,35). The number of benzene rings is 3. The van der Waals surface area contributed by atoms with Crippen LogP contribution in [-0.2, 0) is 18.1 Å². The van der Waals surface area contributed by atoms with Gasteiger partial charge in [0.15, 0.2) is 0 Å². The maximum atomic E-state index is 14.6. The van der Waals surface area contributed by atoms with E-state index in [4.69, 9.17) is 11.6 Å². The predicted octanol–water partition coefficient (Wildman–Crippen LogP) is 7.23. The number of amides is 2. The van der Waals surface area contributed by atoms with Gasteiger partial charge in [-0.2, -0.15) is 13.2 Å². The number of nitrogens with one attached hydrogen (secondary N) is 2. The molecule has 1 atom stereocenters. The van der Waals surface area contributed by atoms with E-state index in [0.29, 0.717) is 16.7 Å². The molecule has 8 heteroatoms. The number of carbonyl (C=O) groups excluding carboxylic acids is 1. The van der Waals surface area contributed by atoms with Gasteiger partial charge in [-0.3, -0.25) is 0 Å². The highest BCUT2D eigenvalue weighted by Gasteiger charge is 2.40. The van der Waals surface area contributed by atoms with Crippen molar-refractivity contribution in [3.05, 3.63) is 106 Å². The van der Waals surface area contributed by atoms with Crippen LogP contribution in [0.5, 0.6) is 0 Å². The first-order valence-electron chi connectivity index (χ1n) is 11.4. The molecule has 0 saturated heterocycles. The summed E-state index contributed by atoms with van der Waals surface area (Å²) >= 11 is 6.09. The van der Waals surface area contributed by atoms with Crippen molar-refractivity contribution in [3.63, 3.8) is 0 Å². The minimum atomic E-state index is -4.76. The van der Waals surface area contributed by atoms with Crippen LogP contribution in [0.25, 0.3) is 0 Å². The Bertz CT molecular complexity index is 1160. The lowest BCUT2D eigenvalue weighted by molar-refractivity contribution is -0.137. The third-order valence-electron chi connectivity index (χ3n) is 6.38. The minimum Gasteiger partial charge on any atom is -0.335 e. The molecule has 0 spiro atoms. The molecule has 1 aliphatic carbocycles. The van der Waals surface area contributed by atoms with Crippen LogP contribution in [-0.4, -0.2) is 12.1 Å². The summed E-state index contributed by atoms with van der Waals surface area (Å²) in [6.45, 7) is 0. The van der Waals surface area contributed by atoms with Gasteiger partial charge in [0.25, 0.3) is 0 Å². The number of carbonyl (C=O) groups is 1. The van der Waals surface area contributed by atoms with E-state index in [1.807, 2.05) is 18.2 Å². The average molecular weight is 505 g/mol. The molecule has 2 N–H and O–H groups in total. The van der Waals surface area contributed by atoms with E-state index in [1.165, 1.54) is 0 Å². The second-order valence-corrected chi connectivity index (χ2v) is 9.32. The van der Waals surface area contributed by atoms with Crippen LogP contribution in [0.4, 0.5) is 22.4 Å². The largest absolute Gasteiger partial charge is 0.416 e. The van der Waals surface area contributed by atoms with E-state index in [1.54, 1.807) is 36.4 Å². The van der Waals surface area contributed by atoms with Crippen LogP contribution in [0.1, 0.15) is 47.9 Å². The molecule has 0 bridgehead atoms. The van der Waals surface area contributed by atoms with Gasteiger partial charge in [0.05, 0.1) is 11.1 Å². The van der Waals surface area contributed by atoms with Crippen molar-refractivity contribution in [2.24, 2.45) is 0 Å². The van der Waals surface area contributed by atoms with Gasteiger partial charge in [-0.05, 0) is 59.9 Å². The Hall–Kier alpha value is -3.06. The molecule has 4 rings (SSSR count). The Morgan fingerprint density at radius 1 is 0.886 bits per heavy atom. The first-order valence-corrected chi connectivity index (χ1v) is 11.8. The average Bonchev–Trinajstić information content (AvgIpc) is 3.31. The van der Waals surface area contributed by atoms with Gasteiger partial charge in [0.2, 0.25) is 0 Å². The normalized spacial score (nSPS) is 16.0. The van der Waals surface area contributed by atoms with E-state index in [2.05, 4.69) is 10.6 Å². The lowest BCUT2D eigenvalue weighted by atomic mass is 9.77. The molecule has 2 amide bonds. The Labute approximate surface area is 206 Å². The van der Waals surface area contributed by atoms with Gasteiger partial charge in [-0.1, -0.05) is 66.9 Å². The zero-order valence-corrected chi connectivity index (χ0v) is 19.6. The fraction of sp³-hybridized carbons (Fsp3) is 0.296. The molecule has 1 aliphatic rings. The quantitative estimate of drug-likeness (QED) is 0.342. The van der Waals surface area contributed by atoms with Gasteiger partial charge >= 0.3 is 12.2 Å². The maximum absolute atomic E-state index is 14.6. The summed E-state index contributed by atoms with van der Waals surface area (Å²) in [4.78, 5) is 13.2. The monoisotopic (exact) mass is 504 g/mol. The number of hydrogen-bond acceptors (Lipinski definition) is 1. The first-order chi connectivity index (χ1) is 16.7. The van der Waals surface area contributed by atoms with E-state index in [9.17, 15) is 22.4 Å². The highest BCUT2D eigenvalue weighted by atomic mass is 35.5. The van der Waals surface area contributed by atoms with Gasteiger partial charge < -0.3 is 10.6 Å². The third-order valence-corrected chi connectivity index (χ3v) is 6.64. The summed E-state index contributed by atoms with van der Waals surface area (Å²) in [6.07, 6.45) is -1.02. The molecule has 184 valence electrons. The van der Waals surface area contributed by atoms with Crippen LogP contribution < -0.4 is 10.6 Å². The number of halogens is 5. The SMILES string of the molecule is O=C(NC1CCCC1)NC(Cc1ccccc1)(c1ccc(Cl)cc1)c1cc(F)cc(C(F)(F)F)c1. The zero-order chi connectivity index (χ0) is 25.1. The predicted molar refractivity (Wildman–Crippen MR) is 128 cm³/mol. The molecular weight excluding hydrogens is 480 g/mol. The van der Waals surface area contributed by atoms with Crippen molar-refractivity contribution >= 4 is 17.6 Å². The number of urea groups is 1. The molecule has 0 radical (unpaired) electrons. The molecule has 0 aromatic heterocycles. The summed E-state index contributed by atoms with van der Waals surface area (Å²) in [5.41, 5.74) is -1.42. The van der Waals surface area contributed by atoms with Gasteiger partial charge in [0, 0.05) is 17.5 Å². The fourth-order valence-electron chi connectivity index (χ4n) is 4.68. The van der Waals surface area contributed by atoms with Crippen molar-refractivity contribution in [1.29, 1.82) is 0 Å². The van der Waals surface area contributed by atoms with Crippen molar-refractivity contribution in [1.82, 2.24) is 10.6 Å². The van der Waals surface area contributed by atoms with Gasteiger partial charge in [-0.25, -0.2) is 9.18 Å². The molecule has 3 aromatic rings. The molecule has 3 aromatic carbocycles. The fourth-order valence-corrected chi connectivity index (χ4v) is 4.81. The van der Waals surface area contributed by atoms with E-state index in [-0.39, 0.29) is 18.0 Å². The topological polar surface area (TPSA) is 41.1 Å². The van der Waals surface area contributed by atoms with Crippen molar-refractivity contribution in [2.45, 2.75) is 49.9 Å². The number of alkyl halides is 3. The second-order valence-electron chi connectivity index (χ2n) is 8.88. The smallest absolute Gasteiger partial charge is 0.335 e. The Morgan fingerprint density at radius 3 is 2.14 bits per heavy atom. The number of hydrogen-bond donors (Lipinski definition) is 2. The zero-order valence-electron chi connectivity index (χ0n) is 18.8. The molecular formula is C27H25ClF4N2O. The Kier molecular flexibility index (Phi) is 7.36. The lowest BCUT2D eigenvalue weighted by Gasteiger charge is -2.37. The van der Waals surface area contributed by atoms with E-state index in [0.717, 1.165) is 43.4 Å². The summed E-state index contributed by atoms with van der Waals surface area (Å²) in [5.74, 6) is -1.04. The van der Waals surface area contributed by atoms with Gasteiger partial charge in [-0.15, -0.1) is 0 Å². The van der Waals surface area contributed by atoms with Crippen LogP contribution in [0, 0.1) is 5.82 Å². The second kappa shape index (κ2) is 10.3. The number of rotatable bonds is 6. The summed E-state index contributed by atoms with van der Waals surface area (Å²) in [7, 11) is 0. The Morgan fingerprint density at radius 2 is 1.51 bits per heavy atom. The third kappa shape index (κ3) is 5.96. The van der Waals surface area contributed by atoms with E-state index < -0.39 is 29.1 Å². The Balaban J connectivity index is 1.89. The molecule has 1 fully saturated rings.